The third-order valence-corrected chi connectivity index (χ3v) is 4.33. The highest BCUT2D eigenvalue weighted by atomic mass is 19.4. The summed E-state index contributed by atoms with van der Waals surface area (Å²) in [5, 5.41) is 0. The topological polar surface area (TPSA) is 32.3 Å². The maximum atomic E-state index is 13.2. The van der Waals surface area contributed by atoms with Crippen LogP contribution in [-0.2, 0) is 12.6 Å². The van der Waals surface area contributed by atoms with Crippen LogP contribution < -0.4 is 9.80 Å². The lowest BCUT2D eigenvalue weighted by Gasteiger charge is -2.27. The van der Waals surface area contributed by atoms with Gasteiger partial charge in [-0.05, 0) is 24.0 Å². The monoisotopic (exact) mass is 336 g/mol. The molecule has 0 bridgehead atoms. The van der Waals surface area contributed by atoms with Gasteiger partial charge in [-0.2, -0.15) is 18.2 Å². The van der Waals surface area contributed by atoms with E-state index in [-0.39, 0.29) is 17.8 Å². The average Bonchev–Trinajstić information content (AvgIpc) is 2.97. The highest BCUT2D eigenvalue weighted by Crippen LogP contribution is 2.37. The molecule has 0 aliphatic heterocycles. The minimum absolute atomic E-state index is 0.0142. The molecule has 7 heteroatoms. The SMILES string of the molecule is CN(C)c1cc(C(F)(F)F)nc(N(C)C2CCc3ccccc32)n1. The second-order valence-electron chi connectivity index (χ2n) is 6.17. The van der Waals surface area contributed by atoms with E-state index in [1.54, 1.807) is 30.9 Å². The molecule has 0 N–H and O–H groups in total. The fourth-order valence-electron chi connectivity index (χ4n) is 3.03. The van der Waals surface area contributed by atoms with Crippen LogP contribution in [0.4, 0.5) is 24.9 Å². The van der Waals surface area contributed by atoms with Crippen LogP contribution >= 0.6 is 0 Å². The van der Waals surface area contributed by atoms with E-state index in [0.717, 1.165) is 24.5 Å². The van der Waals surface area contributed by atoms with Crippen LogP contribution in [0.3, 0.4) is 0 Å². The van der Waals surface area contributed by atoms with Crippen LogP contribution in [0.25, 0.3) is 0 Å². The van der Waals surface area contributed by atoms with Gasteiger partial charge in [-0.3, -0.25) is 0 Å². The molecule has 0 spiro atoms. The predicted molar refractivity (Wildman–Crippen MR) is 87.3 cm³/mol. The number of aromatic nitrogens is 2. The fraction of sp³-hybridized carbons (Fsp3) is 0.412. The van der Waals surface area contributed by atoms with Crippen molar-refractivity contribution in [2.24, 2.45) is 0 Å². The van der Waals surface area contributed by atoms with Gasteiger partial charge in [0.2, 0.25) is 5.95 Å². The van der Waals surface area contributed by atoms with E-state index in [1.807, 2.05) is 18.2 Å². The van der Waals surface area contributed by atoms with E-state index < -0.39 is 11.9 Å². The lowest BCUT2D eigenvalue weighted by atomic mass is 10.1. The Hall–Kier alpha value is -2.31. The van der Waals surface area contributed by atoms with Gasteiger partial charge >= 0.3 is 6.18 Å². The normalized spacial score (nSPS) is 16.8. The van der Waals surface area contributed by atoms with Gasteiger partial charge in [0.25, 0.3) is 0 Å². The van der Waals surface area contributed by atoms with Crippen molar-refractivity contribution < 1.29 is 13.2 Å². The van der Waals surface area contributed by atoms with Crippen molar-refractivity contribution in [2.45, 2.75) is 25.1 Å². The molecule has 24 heavy (non-hydrogen) atoms. The Morgan fingerprint density at radius 2 is 1.79 bits per heavy atom. The van der Waals surface area contributed by atoms with E-state index >= 15 is 0 Å². The second-order valence-corrected chi connectivity index (χ2v) is 6.17. The summed E-state index contributed by atoms with van der Waals surface area (Å²) >= 11 is 0. The number of aryl methyl sites for hydroxylation is 1. The van der Waals surface area contributed by atoms with Gasteiger partial charge in [-0.1, -0.05) is 24.3 Å². The lowest BCUT2D eigenvalue weighted by Crippen LogP contribution is -2.26. The van der Waals surface area contributed by atoms with Crippen LogP contribution in [0.1, 0.15) is 29.3 Å². The molecule has 0 amide bonds. The largest absolute Gasteiger partial charge is 0.433 e. The molecule has 1 aliphatic carbocycles. The third kappa shape index (κ3) is 3.02. The van der Waals surface area contributed by atoms with E-state index in [1.165, 1.54) is 5.56 Å². The number of hydrogen-bond donors (Lipinski definition) is 0. The van der Waals surface area contributed by atoms with Gasteiger partial charge in [0, 0.05) is 27.2 Å². The fourth-order valence-corrected chi connectivity index (χ4v) is 3.03. The molecule has 1 aliphatic rings. The molecule has 3 rings (SSSR count). The number of fused-ring (bicyclic) bond motifs is 1. The summed E-state index contributed by atoms with van der Waals surface area (Å²) in [6.07, 6.45) is -2.76. The quantitative estimate of drug-likeness (QED) is 0.856. The Kier molecular flexibility index (Phi) is 4.11. The summed E-state index contributed by atoms with van der Waals surface area (Å²) in [4.78, 5) is 11.4. The zero-order chi connectivity index (χ0) is 17.5. The summed E-state index contributed by atoms with van der Waals surface area (Å²) in [6.45, 7) is 0. The predicted octanol–water partition coefficient (Wildman–Crippen LogP) is 3.69. The van der Waals surface area contributed by atoms with Crippen molar-refractivity contribution in [2.75, 3.05) is 30.9 Å². The average molecular weight is 336 g/mol. The number of alkyl halides is 3. The van der Waals surface area contributed by atoms with Crippen molar-refractivity contribution in [1.29, 1.82) is 0 Å². The molecule has 128 valence electrons. The Balaban J connectivity index is 2.01. The molecular formula is C17H19F3N4. The molecule has 1 aromatic heterocycles. The van der Waals surface area contributed by atoms with E-state index in [2.05, 4.69) is 16.0 Å². The van der Waals surface area contributed by atoms with Crippen LogP contribution in [0.5, 0.6) is 0 Å². The van der Waals surface area contributed by atoms with Crippen LogP contribution in [0, 0.1) is 0 Å². The van der Waals surface area contributed by atoms with Gasteiger partial charge in [-0.15, -0.1) is 0 Å². The molecular weight excluding hydrogens is 317 g/mol. The highest BCUT2D eigenvalue weighted by molar-refractivity contribution is 5.48. The number of nitrogens with zero attached hydrogens (tertiary/aromatic N) is 4. The minimum atomic E-state index is -4.50. The van der Waals surface area contributed by atoms with Crippen molar-refractivity contribution in [1.82, 2.24) is 9.97 Å². The van der Waals surface area contributed by atoms with Crippen LogP contribution in [-0.4, -0.2) is 31.1 Å². The van der Waals surface area contributed by atoms with Gasteiger partial charge < -0.3 is 9.80 Å². The van der Waals surface area contributed by atoms with E-state index in [0.29, 0.717) is 0 Å². The van der Waals surface area contributed by atoms with Crippen LogP contribution in [0.15, 0.2) is 30.3 Å². The van der Waals surface area contributed by atoms with Crippen LogP contribution in [0.2, 0.25) is 0 Å². The number of anilines is 2. The molecule has 1 atom stereocenters. The summed E-state index contributed by atoms with van der Waals surface area (Å²) in [7, 11) is 5.08. The standard InChI is InChI=1S/C17H19F3N4/c1-23(2)15-10-14(17(18,19)20)21-16(22-15)24(3)13-9-8-11-6-4-5-7-12(11)13/h4-7,10,13H,8-9H2,1-3H3. The number of hydrogen-bond acceptors (Lipinski definition) is 4. The molecule has 0 radical (unpaired) electrons. The zero-order valence-electron chi connectivity index (χ0n) is 13.8. The van der Waals surface area contributed by atoms with Gasteiger partial charge in [-0.25, -0.2) is 4.98 Å². The summed E-state index contributed by atoms with van der Waals surface area (Å²) in [5.74, 6) is 0.334. The van der Waals surface area contributed by atoms with E-state index in [9.17, 15) is 13.2 Å². The van der Waals surface area contributed by atoms with Crippen molar-refractivity contribution in [3.8, 4) is 0 Å². The maximum absolute atomic E-state index is 13.2. The highest BCUT2D eigenvalue weighted by Gasteiger charge is 2.35. The molecule has 0 saturated carbocycles. The first kappa shape index (κ1) is 16.5. The summed E-state index contributed by atoms with van der Waals surface area (Å²) < 4.78 is 39.5. The minimum Gasteiger partial charge on any atom is -0.363 e. The van der Waals surface area contributed by atoms with Gasteiger partial charge in [0.05, 0.1) is 6.04 Å². The molecule has 1 aromatic carbocycles. The first-order valence-corrected chi connectivity index (χ1v) is 7.71. The zero-order valence-corrected chi connectivity index (χ0v) is 13.8. The smallest absolute Gasteiger partial charge is 0.363 e. The molecule has 0 fully saturated rings. The Labute approximate surface area is 138 Å². The Morgan fingerprint density at radius 3 is 2.46 bits per heavy atom. The molecule has 1 heterocycles. The number of rotatable bonds is 3. The third-order valence-electron chi connectivity index (χ3n) is 4.33. The van der Waals surface area contributed by atoms with Crippen molar-refractivity contribution >= 4 is 11.8 Å². The number of benzene rings is 1. The molecule has 4 nitrogen and oxygen atoms in total. The Bertz CT molecular complexity index is 743. The maximum Gasteiger partial charge on any atom is 0.433 e. The lowest BCUT2D eigenvalue weighted by molar-refractivity contribution is -0.141. The van der Waals surface area contributed by atoms with Gasteiger partial charge in [0.15, 0.2) is 5.69 Å². The van der Waals surface area contributed by atoms with Gasteiger partial charge in [0.1, 0.15) is 5.82 Å². The van der Waals surface area contributed by atoms with Crippen molar-refractivity contribution in [3.63, 3.8) is 0 Å². The molecule has 1 unspecified atom stereocenters. The van der Waals surface area contributed by atoms with E-state index in [4.69, 9.17) is 0 Å². The van der Waals surface area contributed by atoms with Crippen molar-refractivity contribution in [3.05, 3.63) is 47.2 Å². The first-order chi connectivity index (χ1) is 11.3. The summed E-state index contributed by atoms with van der Waals surface area (Å²) in [5.41, 5.74) is 1.44. The first-order valence-electron chi connectivity index (χ1n) is 7.71. The number of halogens is 3. The summed E-state index contributed by atoms with van der Waals surface area (Å²) in [6, 6.07) is 8.96. The molecule has 2 aromatic rings. The second kappa shape index (κ2) is 5.96. The molecule has 0 saturated heterocycles. The Morgan fingerprint density at radius 1 is 1.08 bits per heavy atom.